The van der Waals surface area contributed by atoms with E-state index in [0.717, 1.165) is 16.5 Å². The SMILES string of the molecule is C=CCc1c(C)c2c(C)cc(O)cc2oc1=O. The minimum Gasteiger partial charge on any atom is -0.508 e. The molecule has 0 atom stereocenters. The van der Waals surface area contributed by atoms with Crippen LogP contribution in [0.1, 0.15) is 16.7 Å². The molecular weight excluding hydrogens is 216 g/mol. The second kappa shape index (κ2) is 4.09. The van der Waals surface area contributed by atoms with Crippen LogP contribution in [0, 0.1) is 13.8 Å². The molecule has 88 valence electrons. The Bertz CT molecular complexity index is 651. The third-order valence-corrected chi connectivity index (χ3v) is 2.91. The van der Waals surface area contributed by atoms with Crippen molar-refractivity contribution in [1.29, 1.82) is 0 Å². The van der Waals surface area contributed by atoms with Gasteiger partial charge in [0.05, 0.1) is 0 Å². The largest absolute Gasteiger partial charge is 0.508 e. The van der Waals surface area contributed by atoms with E-state index in [2.05, 4.69) is 6.58 Å². The van der Waals surface area contributed by atoms with Crippen molar-refractivity contribution < 1.29 is 9.52 Å². The molecule has 1 heterocycles. The van der Waals surface area contributed by atoms with Gasteiger partial charge in [-0.2, -0.15) is 0 Å². The summed E-state index contributed by atoms with van der Waals surface area (Å²) in [4.78, 5) is 11.8. The maximum absolute atomic E-state index is 11.8. The summed E-state index contributed by atoms with van der Waals surface area (Å²) in [5, 5.41) is 10.4. The molecule has 3 heteroatoms. The molecule has 1 N–H and O–H groups in total. The van der Waals surface area contributed by atoms with Crippen molar-refractivity contribution >= 4 is 11.0 Å². The van der Waals surface area contributed by atoms with E-state index in [1.807, 2.05) is 13.8 Å². The molecule has 0 aliphatic heterocycles. The molecule has 0 unspecified atom stereocenters. The summed E-state index contributed by atoms with van der Waals surface area (Å²) in [6.45, 7) is 7.41. The Kier molecular flexibility index (Phi) is 2.76. The van der Waals surface area contributed by atoms with Crippen LogP contribution in [0.3, 0.4) is 0 Å². The summed E-state index contributed by atoms with van der Waals surface area (Å²) in [5.74, 6) is 0.106. The predicted octanol–water partition coefficient (Wildman–Crippen LogP) is 2.84. The summed E-state index contributed by atoms with van der Waals surface area (Å²) in [6, 6.07) is 3.13. The zero-order valence-electron chi connectivity index (χ0n) is 9.91. The van der Waals surface area contributed by atoms with Gasteiger partial charge >= 0.3 is 5.63 Å². The summed E-state index contributed by atoms with van der Waals surface area (Å²) >= 11 is 0. The van der Waals surface area contributed by atoms with Gasteiger partial charge in [0.25, 0.3) is 0 Å². The molecule has 3 nitrogen and oxygen atoms in total. The van der Waals surface area contributed by atoms with E-state index in [1.54, 1.807) is 12.1 Å². The van der Waals surface area contributed by atoms with Crippen molar-refractivity contribution in [3.8, 4) is 5.75 Å². The van der Waals surface area contributed by atoms with Crippen molar-refractivity contribution in [2.75, 3.05) is 0 Å². The molecular formula is C14H14O3. The number of aromatic hydroxyl groups is 1. The van der Waals surface area contributed by atoms with E-state index < -0.39 is 0 Å². The second-order valence-corrected chi connectivity index (χ2v) is 4.12. The van der Waals surface area contributed by atoms with E-state index in [9.17, 15) is 9.90 Å². The number of phenols is 1. The number of phenolic OH excluding ortho intramolecular Hbond substituents is 1. The van der Waals surface area contributed by atoms with E-state index >= 15 is 0 Å². The van der Waals surface area contributed by atoms with E-state index in [1.165, 1.54) is 6.07 Å². The lowest BCUT2D eigenvalue weighted by Gasteiger charge is -2.08. The molecule has 0 spiro atoms. The zero-order chi connectivity index (χ0) is 12.6. The first-order valence-corrected chi connectivity index (χ1v) is 5.41. The average molecular weight is 230 g/mol. The van der Waals surface area contributed by atoms with Gasteiger partial charge in [0.2, 0.25) is 0 Å². The number of hydrogen-bond donors (Lipinski definition) is 1. The first kappa shape index (κ1) is 11.5. The van der Waals surface area contributed by atoms with Gasteiger partial charge < -0.3 is 9.52 Å². The smallest absolute Gasteiger partial charge is 0.340 e. The van der Waals surface area contributed by atoms with Crippen LogP contribution in [-0.2, 0) is 6.42 Å². The van der Waals surface area contributed by atoms with E-state index in [-0.39, 0.29) is 11.4 Å². The maximum atomic E-state index is 11.8. The monoisotopic (exact) mass is 230 g/mol. The molecule has 0 radical (unpaired) electrons. The number of fused-ring (bicyclic) bond motifs is 1. The Morgan fingerprint density at radius 3 is 2.76 bits per heavy atom. The number of allylic oxidation sites excluding steroid dienone is 1. The minimum atomic E-state index is -0.361. The fourth-order valence-electron chi connectivity index (χ4n) is 2.14. The summed E-state index contributed by atoms with van der Waals surface area (Å²) in [5.41, 5.74) is 2.49. The number of hydrogen-bond acceptors (Lipinski definition) is 3. The van der Waals surface area contributed by atoms with Crippen LogP contribution in [0.2, 0.25) is 0 Å². The Morgan fingerprint density at radius 1 is 1.41 bits per heavy atom. The molecule has 0 saturated heterocycles. The van der Waals surface area contributed by atoms with Crippen molar-refractivity contribution in [2.24, 2.45) is 0 Å². The van der Waals surface area contributed by atoms with Crippen molar-refractivity contribution in [2.45, 2.75) is 20.3 Å². The molecule has 2 rings (SSSR count). The summed E-state index contributed by atoms with van der Waals surface area (Å²) in [7, 11) is 0. The molecule has 0 fully saturated rings. The Morgan fingerprint density at radius 2 is 2.12 bits per heavy atom. The fourth-order valence-corrected chi connectivity index (χ4v) is 2.14. The quantitative estimate of drug-likeness (QED) is 0.637. The molecule has 2 aromatic rings. The third kappa shape index (κ3) is 1.84. The first-order valence-electron chi connectivity index (χ1n) is 5.41. The highest BCUT2D eigenvalue weighted by atomic mass is 16.4. The Labute approximate surface area is 99.0 Å². The van der Waals surface area contributed by atoms with Crippen LogP contribution >= 0.6 is 0 Å². The highest BCUT2D eigenvalue weighted by molar-refractivity contribution is 5.85. The summed E-state index contributed by atoms with van der Waals surface area (Å²) < 4.78 is 5.22. The fraction of sp³-hybridized carbons (Fsp3) is 0.214. The molecule has 0 aliphatic carbocycles. The molecule has 0 amide bonds. The average Bonchev–Trinajstić information content (AvgIpc) is 2.22. The third-order valence-electron chi connectivity index (χ3n) is 2.91. The highest BCUT2D eigenvalue weighted by Gasteiger charge is 2.12. The molecule has 0 aliphatic rings. The maximum Gasteiger partial charge on any atom is 0.340 e. The standard InChI is InChI=1S/C14H14O3/c1-4-5-11-9(3)13-8(2)6-10(15)7-12(13)17-14(11)16/h4,6-7,15H,1,5H2,2-3H3. The number of benzene rings is 1. The van der Waals surface area contributed by atoms with Crippen LogP contribution in [-0.4, -0.2) is 5.11 Å². The lowest BCUT2D eigenvalue weighted by Crippen LogP contribution is -2.09. The Hall–Kier alpha value is -2.03. The van der Waals surface area contributed by atoms with Crippen LogP contribution < -0.4 is 5.63 Å². The predicted molar refractivity (Wildman–Crippen MR) is 67.5 cm³/mol. The van der Waals surface area contributed by atoms with Crippen molar-refractivity contribution in [1.82, 2.24) is 0 Å². The molecule has 1 aromatic carbocycles. The van der Waals surface area contributed by atoms with Gasteiger partial charge in [-0.15, -0.1) is 6.58 Å². The lowest BCUT2D eigenvalue weighted by atomic mass is 10.00. The van der Waals surface area contributed by atoms with E-state index in [4.69, 9.17) is 4.42 Å². The molecule has 0 saturated carbocycles. The number of rotatable bonds is 2. The van der Waals surface area contributed by atoms with Gasteiger partial charge in [-0.3, -0.25) is 0 Å². The van der Waals surface area contributed by atoms with Gasteiger partial charge in [-0.1, -0.05) is 6.08 Å². The first-order chi connectivity index (χ1) is 8.04. The lowest BCUT2D eigenvalue weighted by molar-refractivity contribution is 0.472. The van der Waals surface area contributed by atoms with Crippen molar-refractivity contribution in [3.05, 3.63) is 51.9 Å². The number of aryl methyl sites for hydroxylation is 2. The van der Waals surface area contributed by atoms with Crippen LogP contribution in [0.4, 0.5) is 0 Å². The molecule has 1 aromatic heterocycles. The summed E-state index contributed by atoms with van der Waals surface area (Å²) in [6.07, 6.45) is 2.17. The van der Waals surface area contributed by atoms with Gasteiger partial charge in [0.1, 0.15) is 11.3 Å². The highest BCUT2D eigenvalue weighted by Crippen LogP contribution is 2.27. The van der Waals surface area contributed by atoms with Gasteiger partial charge in [0, 0.05) is 17.0 Å². The van der Waals surface area contributed by atoms with Crippen LogP contribution in [0.15, 0.2) is 34.0 Å². The molecule has 17 heavy (non-hydrogen) atoms. The van der Waals surface area contributed by atoms with Crippen LogP contribution in [0.5, 0.6) is 5.75 Å². The second-order valence-electron chi connectivity index (χ2n) is 4.12. The van der Waals surface area contributed by atoms with E-state index in [0.29, 0.717) is 17.6 Å². The zero-order valence-corrected chi connectivity index (χ0v) is 9.91. The topological polar surface area (TPSA) is 50.4 Å². The van der Waals surface area contributed by atoms with Crippen molar-refractivity contribution in [3.63, 3.8) is 0 Å². The van der Waals surface area contributed by atoms with Crippen LogP contribution in [0.25, 0.3) is 11.0 Å². The normalized spacial score (nSPS) is 10.7. The Balaban J connectivity index is 2.92. The van der Waals surface area contributed by atoms with Gasteiger partial charge in [0.15, 0.2) is 0 Å². The van der Waals surface area contributed by atoms with Gasteiger partial charge in [-0.25, -0.2) is 4.79 Å². The molecule has 0 bridgehead atoms. The minimum absolute atomic E-state index is 0.106. The van der Waals surface area contributed by atoms with Gasteiger partial charge in [-0.05, 0) is 37.5 Å².